The Morgan fingerprint density at radius 2 is 2.33 bits per heavy atom. The molecule has 0 aromatic rings. The molecule has 0 heterocycles. The average molecular weight is 166 g/mol. The van der Waals surface area contributed by atoms with Crippen LogP contribution < -0.4 is 0 Å². The third-order valence-electron chi connectivity index (χ3n) is 1.34. The highest BCUT2D eigenvalue weighted by Gasteiger charge is 1.88. The number of esters is 1. The van der Waals surface area contributed by atoms with Crippen LogP contribution in [0.25, 0.3) is 0 Å². The first kappa shape index (κ1) is 10.8. The molecule has 66 valence electrons. The van der Waals surface area contributed by atoms with Crippen molar-refractivity contribution >= 4 is 5.97 Å². The number of hydrogen-bond donors (Lipinski definition) is 0. The molecule has 0 bridgehead atoms. The smallest absolute Gasteiger partial charge is 0.384 e. The standard InChI is InChI=1S/C10H14O2/c1-3-4-5-6-7-8-9-10(11)12-2/h3H,1,4-7H2,2H3. The Bertz CT molecular complexity index is 196. The van der Waals surface area contributed by atoms with Crippen molar-refractivity contribution in [2.45, 2.75) is 25.7 Å². The highest BCUT2D eigenvalue weighted by molar-refractivity contribution is 5.88. The van der Waals surface area contributed by atoms with Crippen LogP contribution in [0.2, 0.25) is 0 Å². The van der Waals surface area contributed by atoms with Crippen molar-refractivity contribution in [3.05, 3.63) is 12.7 Å². The van der Waals surface area contributed by atoms with Gasteiger partial charge < -0.3 is 4.74 Å². The van der Waals surface area contributed by atoms with Crippen LogP contribution in [0.1, 0.15) is 25.7 Å². The fraction of sp³-hybridized carbons (Fsp3) is 0.500. The number of ether oxygens (including phenoxy) is 1. The van der Waals surface area contributed by atoms with Crippen LogP contribution in [0.15, 0.2) is 12.7 Å². The first-order chi connectivity index (χ1) is 5.81. The maximum absolute atomic E-state index is 10.5. The van der Waals surface area contributed by atoms with Gasteiger partial charge in [0.05, 0.1) is 7.11 Å². The zero-order chi connectivity index (χ0) is 9.23. The van der Waals surface area contributed by atoms with Gasteiger partial charge in [-0.05, 0) is 19.3 Å². The van der Waals surface area contributed by atoms with Crippen molar-refractivity contribution in [2.75, 3.05) is 7.11 Å². The zero-order valence-corrected chi connectivity index (χ0v) is 7.43. The summed E-state index contributed by atoms with van der Waals surface area (Å²) >= 11 is 0. The molecule has 0 aromatic heterocycles. The fourth-order valence-electron chi connectivity index (χ4n) is 0.688. The van der Waals surface area contributed by atoms with Gasteiger partial charge in [-0.2, -0.15) is 0 Å². The fourth-order valence-corrected chi connectivity index (χ4v) is 0.688. The topological polar surface area (TPSA) is 26.3 Å². The minimum Gasteiger partial charge on any atom is -0.459 e. The second-order valence-corrected chi connectivity index (χ2v) is 2.33. The van der Waals surface area contributed by atoms with Gasteiger partial charge in [0.25, 0.3) is 0 Å². The second kappa shape index (κ2) is 7.87. The Labute approximate surface area is 73.6 Å². The summed E-state index contributed by atoms with van der Waals surface area (Å²) < 4.78 is 4.35. The molecule has 0 aromatic carbocycles. The number of methoxy groups -OCH3 is 1. The van der Waals surface area contributed by atoms with Crippen molar-refractivity contribution in [1.82, 2.24) is 0 Å². The number of carbonyl (C=O) groups is 1. The molecule has 0 unspecified atom stereocenters. The number of allylic oxidation sites excluding steroid dienone is 1. The van der Waals surface area contributed by atoms with Crippen molar-refractivity contribution < 1.29 is 9.53 Å². The van der Waals surface area contributed by atoms with Crippen molar-refractivity contribution in [3.8, 4) is 11.8 Å². The molecule has 0 radical (unpaired) electrons. The molecule has 0 atom stereocenters. The van der Waals surface area contributed by atoms with Gasteiger partial charge in [-0.3, -0.25) is 0 Å². The molecule has 0 spiro atoms. The van der Waals surface area contributed by atoms with E-state index in [1.165, 1.54) is 7.11 Å². The molecule has 0 amide bonds. The summed E-state index contributed by atoms with van der Waals surface area (Å²) in [7, 11) is 1.33. The molecule has 0 N–H and O–H groups in total. The lowest BCUT2D eigenvalue weighted by molar-refractivity contribution is -0.133. The predicted octanol–water partition coefficient (Wildman–Crippen LogP) is 1.91. The van der Waals surface area contributed by atoms with Gasteiger partial charge in [0, 0.05) is 12.3 Å². The molecule has 0 saturated carbocycles. The van der Waals surface area contributed by atoms with E-state index in [1.54, 1.807) is 0 Å². The van der Waals surface area contributed by atoms with Gasteiger partial charge >= 0.3 is 5.97 Å². The summed E-state index contributed by atoms with van der Waals surface area (Å²) in [6.45, 7) is 3.61. The van der Waals surface area contributed by atoms with Crippen LogP contribution in [-0.2, 0) is 9.53 Å². The molecule has 0 saturated heterocycles. The molecule has 0 aliphatic heterocycles. The summed E-state index contributed by atoms with van der Waals surface area (Å²) in [5.41, 5.74) is 0. The predicted molar refractivity (Wildman–Crippen MR) is 48.5 cm³/mol. The van der Waals surface area contributed by atoms with E-state index in [4.69, 9.17) is 0 Å². The van der Waals surface area contributed by atoms with Gasteiger partial charge in [0.1, 0.15) is 0 Å². The maximum atomic E-state index is 10.5. The van der Waals surface area contributed by atoms with E-state index in [9.17, 15) is 4.79 Å². The molecular formula is C10H14O2. The Hall–Kier alpha value is -1.23. The molecule has 2 heteroatoms. The average Bonchev–Trinajstić information content (AvgIpc) is 2.10. The Morgan fingerprint density at radius 3 is 2.92 bits per heavy atom. The number of rotatable bonds is 4. The highest BCUT2D eigenvalue weighted by atomic mass is 16.5. The second-order valence-electron chi connectivity index (χ2n) is 2.33. The summed E-state index contributed by atoms with van der Waals surface area (Å²) in [5.74, 6) is 4.65. The molecule has 0 fully saturated rings. The molecule has 0 aliphatic rings. The third-order valence-corrected chi connectivity index (χ3v) is 1.34. The van der Waals surface area contributed by atoms with E-state index in [0.29, 0.717) is 0 Å². The Balaban J connectivity index is 3.32. The van der Waals surface area contributed by atoms with Crippen LogP contribution in [-0.4, -0.2) is 13.1 Å². The van der Waals surface area contributed by atoms with Gasteiger partial charge in [-0.1, -0.05) is 12.0 Å². The molecule has 2 nitrogen and oxygen atoms in total. The van der Waals surface area contributed by atoms with Gasteiger partial charge in [-0.25, -0.2) is 4.79 Å². The number of unbranched alkanes of at least 4 members (excludes halogenated alkanes) is 3. The van der Waals surface area contributed by atoms with Crippen LogP contribution in [0, 0.1) is 11.8 Å². The monoisotopic (exact) mass is 166 g/mol. The molecule has 0 rings (SSSR count). The van der Waals surface area contributed by atoms with Crippen molar-refractivity contribution in [3.63, 3.8) is 0 Å². The van der Waals surface area contributed by atoms with Gasteiger partial charge in [-0.15, -0.1) is 6.58 Å². The van der Waals surface area contributed by atoms with Gasteiger partial charge in [0.15, 0.2) is 0 Å². The normalized spacial score (nSPS) is 8.08. The highest BCUT2D eigenvalue weighted by Crippen LogP contribution is 1.98. The van der Waals surface area contributed by atoms with Gasteiger partial charge in [0.2, 0.25) is 0 Å². The first-order valence-electron chi connectivity index (χ1n) is 3.99. The lowest BCUT2D eigenvalue weighted by atomic mass is 10.2. The maximum Gasteiger partial charge on any atom is 0.384 e. The summed E-state index contributed by atoms with van der Waals surface area (Å²) in [6, 6.07) is 0. The van der Waals surface area contributed by atoms with E-state index in [2.05, 4.69) is 23.2 Å². The minimum atomic E-state index is -0.460. The quantitative estimate of drug-likeness (QED) is 0.210. The van der Waals surface area contributed by atoms with E-state index < -0.39 is 5.97 Å². The van der Waals surface area contributed by atoms with Crippen LogP contribution >= 0.6 is 0 Å². The summed E-state index contributed by atoms with van der Waals surface area (Å²) in [6.07, 6.45) is 5.74. The summed E-state index contributed by atoms with van der Waals surface area (Å²) in [5, 5.41) is 0. The summed E-state index contributed by atoms with van der Waals surface area (Å²) in [4.78, 5) is 10.5. The number of carbonyl (C=O) groups excluding carboxylic acids is 1. The SMILES string of the molecule is C=CCCCCC#CC(=O)OC. The van der Waals surface area contributed by atoms with E-state index >= 15 is 0 Å². The van der Waals surface area contributed by atoms with Crippen molar-refractivity contribution in [2.24, 2.45) is 0 Å². The Kier molecular flexibility index (Phi) is 7.07. The van der Waals surface area contributed by atoms with E-state index in [0.717, 1.165) is 25.7 Å². The minimum absolute atomic E-state index is 0.460. The molecule has 0 aliphatic carbocycles. The van der Waals surface area contributed by atoms with Crippen molar-refractivity contribution in [1.29, 1.82) is 0 Å². The van der Waals surface area contributed by atoms with E-state index in [1.807, 2.05) is 6.08 Å². The lowest BCUT2D eigenvalue weighted by Gasteiger charge is -1.89. The largest absolute Gasteiger partial charge is 0.459 e. The zero-order valence-electron chi connectivity index (χ0n) is 7.43. The third kappa shape index (κ3) is 6.88. The van der Waals surface area contributed by atoms with Crippen LogP contribution in [0.4, 0.5) is 0 Å². The number of hydrogen-bond acceptors (Lipinski definition) is 2. The Morgan fingerprint density at radius 1 is 1.58 bits per heavy atom. The first-order valence-corrected chi connectivity index (χ1v) is 3.99. The lowest BCUT2D eigenvalue weighted by Crippen LogP contribution is -1.94. The molecular weight excluding hydrogens is 152 g/mol. The van der Waals surface area contributed by atoms with Crippen LogP contribution in [0.5, 0.6) is 0 Å². The molecule has 12 heavy (non-hydrogen) atoms. The van der Waals surface area contributed by atoms with Crippen LogP contribution in [0.3, 0.4) is 0 Å². The van der Waals surface area contributed by atoms with E-state index in [-0.39, 0.29) is 0 Å².